The molecule has 0 aliphatic heterocycles. The zero-order valence-electron chi connectivity index (χ0n) is 18.8. The van der Waals surface area contributed by atoms with Crippen molar-refractivity contribution in [3.63, 3.8) is 0 Å². The van der Waals surface area contributed by atoms with Crippen LogP contribution in [0.3, 0.4) is 0 Å². The summed E-state index contributed by atoms with van der Waals surface area (Å²) in [6.07, 6.45) is 0. The number of oxazole rings is 1. The third-order valence-electron chi connectivity index (χ3n) is 4.82. The predicted octanol–water partition coefficient (Wildman–Crippen LogP) is 4.98. The number of aryl methyl sites for hydroxylation is 2. The molecule has 0 unspecified atom stereocenters. The molecule has 0 saturated carbocycles. The van der Waals surface area contributed by atoms with Gasteiger partial charge < -0.3 is 14.5 Å². The van der Waals surface area contributed by atoms with Gasteiger partial charge in [-0.2, -0.15) is 0 Å². The smallest absolute Gasteiger partial charge is 0.261 e. The summed E-state index contributed by atoms with van der Waals surface area (Å²) in [5.74, 6) is 0.535. The number of ether oxygens (including phenoxy) is 1. The quantitative estimate of drug-likeness (QED) is 0.330. The normalized spacial score (nSPS) is 11.4. The van der Waals surface area contributed by atoms with E-state index < -0.39 is 10.0 Å². The average Bonchev–Trinajstić information content (AvgIpc) is 3.19. The van der Waals surface area contributed by atoms with Gasteiger partial charge in [0.1, 0.15) is 11.3 Å². The van der Waals surface area contributed by atoms with E-state index in [1.54, 1.807) is 30.3 Å². The highest BCUT2D eigenvalue weighted by Gasteiger charge is 2.17. The average molecular weight is 498 g/mol. The highest BCUT2D eigenvalue weighted by molar-refractivity contribution is 7.99. The Morgan fingerprint density at radius 2 is 1.71 bits per heavy atom. The van der Waals surface area contributed by atoms with Crippen LogP contribution in [0, 0.1) is 13.8 Å². The molecule has 4 aromatic rings. The molecule has 0 spiro atoms. The Morgan fingerprint density at radius 3 is 2.38 bits per heavy atom. The van der Waals surface area contributed by atoms with E-state index in [1.807, 2.05) is 32.0 Å². The van der Waals surface area contributed by atoms with Gasteiger partial charge in [-0.1, -0.05) is 17.8 Å². The molecule has 0 aliphatic rings. The Labute approximate surface area is 201 Å². The number of thioether (sulfide) groups is 1. The summed E-state index contributed by atoms with van der Waals surface area (Å²) in [4.78, 5) is 16.7. The van der Waals surface area contributed by atoms with Gasteiger partial charge in [0.05, 0.1) is 17.8 Å². The number of aromatic nitrogens is 1. The van der Waals surface area contributed by atoms with Crippen molar-refractivity contribution in [2.75, 3.05) is 22.9 Å². The maximum atomic E-state index is 12.8. The molecule has 0 atom stereocenters. The largest absolute Gasteiger partial charge is 0.497 e. The SMILES string of the molecule is COc1ccc(NS(=O)(=O)c2ccc3oc(SCC(=O)Nc4cc(C)cc(C)c4)nc3c2)cc1. The lowest BCUT2D eigenvalue weighted by atomic mass is 10.1. The van der Waals surface area contributed by atoms with Crippen LogP contribution in [0.5, 0.6) is 5.75 Å². The molecular weight excluding hydrogens is 474 g/mol. The zero-order chi connectivity index (χ0) is 24.3. The van der Waals surface area contributed by atoms with Gasteiger partial charge in [0.25, 0.3) is 15.2 Å². The molecule has 8 nitrogen and oxygen atoms in total. The number of rotatable bonds is 8. The first-order chi connectivity index (χ1) is 16.2. The van der Waals surface area contributed by atoms with Crippen LogP contribution in [0.15, 0.2) is 75.2 Å². The number of anilines is 2. The van der Waals surface area contributed by atoms with Crippen LogP contribution in [0.4, 0.5) is 11.4 Å². The van der Waals surface area contributed by atoms with E-state index in [1.165, 1.54) is 19.2 Å². The molecule has 0 bridgehead atoms. The van der Waals surface area contributed by atoms with Crippen molar-refractivity contribution in [2.24, 2.45) is 0 Å². The van der Waals surface area contributed by atoms with E-state index in [2.05, 4.69) is 15.0 Å². The minimum Gasteiger partial charge on any atom is -0.497 e. The topological polar surface area (TPSA) is 111 Å². The molecular formula is C24H23N3O5S2. The van der Waals surface area contributed by atoms with Gasteiger partial charge in [0.15, 0.2) is 5.58 Å². The fraction of sp³-hybridized carbons (Fsp3) is 0.167. The number of fused-ring (bicyclic) bond motifs is 1. The van der Waals surface area contributed by atoms with Gasteiger partial charge in [-0.3, -0.25) is 9.52 Å². The lowest BCUT2D eigenvalue weighted by molar-refractivity contribution is -0.113. The molecule has 34 heavy (non-hydrogen) atoms. The number of carbonyl (C=O) groups excluding carboxylic acids is 1. The van der Waals surface area contributed by atoms with E-state index in [-0.39, 0.29) is 21.8 Å². The number of amides is 1. The molecule has 10 heteroatoms. The second-order valence-corrected chi connectivity index (χ2v) is 10.3. The first-order valence-corrected chi connectivity index (χ1v) is 12.8. The van der Waals surface area contributed by atoms with Gasteiger partial charge in [-0.25, -0.2) is 13.4 Å². The zero-order valence-corrected chi connectivity index (χ0v) is 20.4. The summed E-state index contributed by atoms with van der Waals surface area (Å²) in [5.41, 5.74) is 4.09. The van der Waals surface area contributed by atoms with Crippen LogP contribution >= 0.6 is 11.8 Å². The third kappa shape index (κ3) is 5.70. The van der Waals surface area contributed by atoms with Crippen molar-refractivity contribution in [3.8, 4) is 5.75 Å². The molecule has 0 aliphatic carbocycles. The molecule has 4 rings (SSSR count). The standard InChI is InChI=1S/C24H23N3O5S2/c1-15-10-16(2)12-18(11-15)25-23(28)14-33-24-26-21-13-20(8-9-22(21)32-24)34(29,30)27-17-4-6-19(31-3)7-5-17/h4-13,27H,14H2,1-3H3,(H,25,28). The van der Waals surface area contributed by atoms with Gasteiger partial charge in [-0.05, 0) is 79.6 Å². The van der Waals surface area contributed by atoms with Crippen LogP contribution in [-0.2, 0) is 14.8 Å². The highest BCUT2D eigenvalue weighted by atomic mass is 32.2. The number of carbonyl (C=O) groups is 1. The van der Waals surface area contributed by atoms with Crippen LogP contribution in [0.1, 0.15) is 11.1 Å². The Bertz CT molecular complexity index is 1430. The number of nitrogens with zero attached hydrogens (tertiary/aromatic N) is 1. The molecule has 1 heterocycles. The van der Waals surface area contributed by atoms with Crippen LogP contribution in [0.2, 0.25) is 0 Å². The van der Waals surface area contributed by atoms with E-state index in [0.29, 0.717) is 22.5 Å². The van der Waals surface area contributed by atoms with E-state index >= 15 is 0 Å². The molecule has 3 aromatic carbocycles. The number of methoxy groups -OCH3 is 1. The van der Waals surface area contributed by atoms with Crippen molar-refractivity contribution in [1.82, 2.24) is 4.98 Å². The second kappa shape index (κ2) is 9.78. The minimum atomic E-state index is -3.83. The lowest BCUT2D eigenvalue weighted by Crippen LogP contribution is -2.14. The fourth-order valence-electron chi connectivity index (χ4n) is 3.36. The van der Waals surface area contributed by atoms with Crippen molar-refractivity contribution >= 4 is 50.2 Å². The van der Waals surface area contributed by atoms with Crippen molar-refractivity contribution < 1.29 is 22.4 Å². The Morgan fingerprint density at radius 1 is 1.00 bits per heavy atom. The van der Waals surface area contributed by atoms with Crippen molar-refractivity contribution in [3.05, 3.63) is 71.8 Å². The maximum Gasteiger partial charge on any atom is 0.261 e. The Balaban J connectivity index is 1.43. The maximum absolute atomic E-state index is 12.8. The summed E-state index contributed by atoms with van der Waals surface area (Å²) in [6.45, 7) is 3.94. The van der Waals surface area contributed by atoms with E-state index in [0.717, 1.165) is 28.6 Å². The third-order valence-corrected chi connectivity index (χ3v) is 7.03. The molecule has 0 radical (unpaired) electrons. The first-order valence-electron chi connectivity index (χ1n) is 10.3. The minimum absolute atomic E-state index is 0.0493. The molecule has 2 N–H and O–H groups in total. The van der Waals surface area contributed by atoms with Crippen LogP contribution in [-0.4, -0.2) is 32.2 Å². The van der Waals surface area contributed by atoms with E-state index in [4.69, 9.17) is 9.15 Å². The number of hydrogen-bond acceptors (Lipinski definition) is 7. The molecule has 0 fully saturated rings. The monoisotopic (exact) mass is 497 g/mol. The van der Waals surface area contributed by atoms with Crippen molar-refractivity contribution in [2.45, 2.75) is 24.0 Å². The Kier molecular flexibility index (Phi) is 6.80. The van der Waals surface area contributed by atoms with Gasteiger partial charge >= 0.3 is 0 Å². The van der Waals surface area contributed by atoms with Gasteiger partial charge in [0, 0.05) is 11.4 Å². The van der Waals surface area contributed by atoms with Gasteiger partial charge in [-0.15, -0.1) is 0 Å². The summed E-state index contributed by atoms with van der Waals surface area (Å²) in [5, 5.41) is 3.14. The van der Waals surface area contributed by atoms with Crippen molar-refractivity contribution in [1.29, 1.82) is 0 Å². The molecule has 176 valence electrons. The Hall–Kier alpha value is -3.50. The summed E-state index contributed by atoms with van der Waals surface area (Å²) >= 11 is 1.13. The number of benzene rings is 3. The number of sulfonamides is 1. The fourth-order valence-corrected chi connectivity index (χ4v) is 5.08. The van der Waals surface area contributed by atoms with Crippen LogP contribution in [0.25, 0.3) is 11.1 Å². The lowest BCUT2D eigenvalue weighted by Gasteiger charge is -2.08. The number of nitrogens with one attached hydrogen (secondary N) is 2. The summed E-state index contributed by atoms with van der Waals surface area (Å²) in [7, 11) is -2.29. The van der Waals surface area contributed by atoms with Crippen LogP contribution < -0.4 is 14.8 Å². The highest BCUT2D eigenvalue weighted by Crippen LogP contribution is 2.27. The second-order valence-electron chi connectivity index (χ2n) is 7.66. The van der Waals surface area contributed by atoms with E-state index in [9.17, 15) is 13.2 Å². The first kappa shape index (κ1) is 23.7. The molecule has 1 aromatic heterocycles. The van der Waals surface area contributed by atoms with Gasteiger partial charge in [0.2, 0.25) is 5.91 Å². The summed E-state index contributed by atoms with van der Waals surface area (Å²) < 4.78 is 38.8. The number of hydrogen-bond donors (Lipinski definition) is 2. The predicted molar refractivity (Wildman–Crippen MR) is 133 cm³/mol. The molecule has 1 amide bonds. The molecule has 0 saturated heterocycles. The summed E-state index contributed by atoms with van der Waals surface area (Å²) in [6, 6.07) is 16.8.